The zero-order chi connectivity index (χ0) is 23.7. The van der Waals surface area contributed by atoms with Gasteiger partial charge in [0.15, 0.2) is 11.5 Å². The third-order valence-corrected chi connectivity index (χ3v) is 7.11. The Labute approximate surface area is 200 Å². The zero-order valence-corrected chi connectivity index (χ0v) is 20.1. The number of piperidine rings is 1. The van der Waals surface area contributed by atoms with E-state index in [-0.39, 0.29) is 5.41 Å². The van der Waals surface area contributed by atoms with Crippen molar-refractivity contribution >= 4 is 0 Å². The van der Waals surface area contributed by atoms with Crippen molar-refractivity contribution in [3.63, 3.8) is 0 Å². The van der Waals surface area contributed by atoms with Gasteiger partial charge in [-0.25, -0.2) is 4.98 Å². The summed E-state index contributed by atoms with van der Waals surface area (Å²) in [6.45, 7) is 8.58. The quantitative estimate of drug-likeness (QED) is 0.507. The average molecular weight is 458 g/mol. The first-order valence-corrected chi connectivity index (χ1v) is 12.1. The molecule has 3 aromatic rings. The SMILES string of the molecule is COc1cc2c(cc1OCCCN1CCCCC1)C(C)(C)c1c(-c3ccc(C#N)nc3)n[nH]c1-2. The molecule has 1 saturated heterocycles. The topological polar surface area (TPSA) is 87.1 Å². The number of fused-ring (bicyclic) bond motifs is 3. The van der Waals surface area contributed by atoms with E-state index in [1.54, 1.807) is 19.4 Å². The lowest BCUT2D eigenvalue weighted by atomic mass is 9.81. The molecule has 176 valence electrons. The molecule has 7 heteroatoms. The van der Waals surface area contributed by atoms with E-state index in [2.05, 4.69) is 52.1 Å². The monoisotopic (exact) mass is 457 g/mol. The van der Waals surface area contributed by atoms with E-state index in [4.69, 9.17) is 14.7 Å². The lowest BCUT2D eigenvalue weighted by molar-refractivity contribution is 0.203. The van der Waals surface area contributed by atoms with Crippen molar-refractivity contribution in [1.82, 2.24) is 20.1 Å². The number of aromatic amines is 1. The van der Waals surface area contributed by atoms with Gasteiger partial charge in [0.05, 0.1) is 25.1 Å². The molecule has 34 heavy (non-hydrogen) atoms. The summed E-state index contributed by atoms with van der Waals surface area (Å²) in [5.41, 5.74) is 6.25. The maximum Gasteiger partial charge on any atom is 0.161 e. The van der Waals surface area contributed by atoms with Crippen LogP contribution in [0.2, 0.25) is 0 Å². The van der Waals surface area contributed by atoms with E-state index in [1.165, 1.54) is 37.9 Å². The van der Waals surface area contributed by atoms with Gasteiger partial charge < -0.3 is 14.4 Å². The first-order chi connectivity index (χ1) is 16.5. The van der Waals surface area contributed by atoms with Crippen molar-refractivity contribution in [2.45, 2.75) is 44.9 Å². The Morgan fingerprint density at radius 2 is 1.97 bits per heavy atom. The molecule has 0 atom stereocenters. The Kier molecular flexibility index (Phi) is 6.01. The van der Waals surface area contributed by atoms with Gasteiger partial charge in [-0.2, -0.15) is 10.4 Å². The van der Waals surface area contributed by atoms with Crippen LogP contribution in [0.25, 0.3) is 22.5 Å². The zero-order valence-electron chi connectivity index (χ0n) is 20.1. The molecule has 0 amide bonds. The molecule has 3 heterocycles. The second kappa shape index (κ2) is 9.11. The minimum Gasteiger partial charge on any atom is -0.493 e. The van der Waals surface area contributed by atoms with Crippen LogP contribution in [0.5, 0.6) is 11.5 Å². The third-order valence-electron chi connectivity index (χ3n) is 7.11. The van der Waals surface area contributed by atoms with Crippen LogP contribution in [-0.2, 0) is 5.41 Å². The van der Waals surface area contributed by atoms with Crippen molar-refractivity contribution in [2.75, 3.05) is 33.4 Å². The molecule has 1 N–H and O–H groups in total. The summed E-state index contributed by atoms with van der Waals surface area (Å²) >= 11 is 0. The van der Waals surface area contributed by atoms with Gasteiger partial charge in [-0.15, -0.1) is 0 Å². The van der Waals surface area contributed by atoms with Gasteiger partial charge in [-0.1, -0.05) is 20.3 Å². The van der Waals surface area contributed by atoms with E-state index in [0.717, 1.165) is 52.5 Å². The fraction of sp³-hybridized carbons (Fsp3) is 0.444. The van der Waals surface area contributed by atoms with Gasteiger partial charge in [-0.05, 0) is 62.2 Å². The van der Waals surface area contributed by atoms with Crippen LogP contribution < -0.4 is 9.47 Å². The minimum absolute atomic E-state index is 0.279. The molecule has 5 rings (SSSR count). The first-order valence-electron chi connectivity index (χ1n) is 12.1. The van der Waals surface area contributed by atoms with Gasteiger partial charge in [0, 0.05) is 34.8 Å². The van der Waals surface area contributed by atoms with E-state index >= 15 is 0 Å². The molecule has 0 saturated carbocycles. The molecule has 1 aromatic carbocycles. The standard InChI is InChI=1S/C27H31N5O2/c1-27(2)21-15-23(34-13-7-12-32-10-5-4-6-11-32)22(33-3)14-20(21)26-24(27)25(30-31-26)18-8-9-19(16-28)29-17-18/h8-9,14-15,17H,4-7,10-13H2,1-3H3,(H,30,31). The summed E-state index contributed by atoms with van der Waals surface area (Å²) in [5, 5.41) is 16.9. The summed E-state index contributed by atoms with van der Waals surface area (Å²) in [6.07, 6.45) is 6.69. The van der Waals surface area contributed by atoms with Crippen LogP contribution in [0.4, 0.5) is 0 Å². The van der Waals surface area contributed by atoms with Crippen molar-refractivity contribution in [2.24, 2.45) is 0 Å². The number of nitriles is 1. The fourth-order valence-electron chi connectivity index (χ4n) is 5.30. The highest BCUT2D eigenvalue weighted by molar-refractivity contribution is 5.86. The smallest absolute Gasteiger partial charge is 0.161 e. The highest BCUT2D eigenvalue weighted by Gasteiger charge is 2.41. The van der Waals surface area contributed by atoms with Crippen molar-refractivity contribution < 1.29 is 9.47 Å². The maximum atomic E-state index is 9.07. The molecule has 0 spiro atoms. The van der Waals surface area contributed by atoms with Crippen LogP contribution in [0.3, 0.4) is 0 Å². The summed E-state index contributed by atoms with van der Waals surface area (Å²) in [7, 11) is 1.68. The molecule has 0 unspecified atom stereocenters. The predicted molar refractivity (Wildman–Crippen MR) is 131 cm³/mol. The minimum atomic E-state index is -0.279. The number of hydrogen-bond donors (Lipinski definition) is 1. The van der Waals surface area contributed by atoms with Crippen LogP contribution in [0.15, 0.2) is 30.5 Å². The molecule has 0 radical (unpaired) electrons. The number of pyridine rings is 1. The molecule has 2 aliphatic rings. The number of likely N-dealkylation sites (tertiary alicyclic amines) is 1. The number of H-pyrrole nitrogens is 1. The summed E-state index contributed by atoms with van der Waals surface area (Å²) < 4.78 is 11.9. The number of hydrogen-bond acceptors (Lipinski definition) is 6. The Morgan fingerprint density at radius 1 is 1.15 bits per heavy atom. The molecule has 1 fully saturated rings. The summed E-state index contributed by atoms with van der Waals surface area (Å²) in [5.74, 6) is 1.52. The Balaban J connectivity index is 1.40. The molecule has 7 nitrogen and oxygen atoms in total. The van der Waals surface area contributed by atoms with Crippen molar-refractivity contribution in [1.29, 1.82) is 5.26 Å². The summed E-state index contributed by atoms with van der Waals surface area (Å²) in [4.78, 5) is 6.77. The van der Waals surface area contributed by atoms with Crippen LogP contribution in [0, 0.1) is 11.3 Å². The number of ether oxygens (including phenoxy) is 2. The van der Waals surface area contributed by atoms with Gasteiger partial charge in [0.25, 0.3) is 0 Å². The molecular weight excluding hydrogens is 426 g/mol. The van der Waals surface area contributed by atoms with E-state index in [1.807, 2.05) is 6.07 Å². The maximum absolute atomic E-state index is 9.07. The number of nitrogens with one attached hydrogen (secondary N) is 1. The van der Waals surface area contributed by atoms with Gasteiger partial charge in [0.1, 0.15) is 11.8 Å². The number of aromatic nitrogens is 3. The van der Waals surface area contributed by atoms with Crippen molar-refractivity contribution in [3.05, 3.63) is 47.3 Å². The molecule has 2 aromatic heterocycles. The molecular formula is C27H31N5O2. The molecule has 1 aliphatic carbocycles. The van der Waals surface area contributed by atoms with E-state index in [0.29, 0.717) is 12.3 Å². The second-order valence-electron chi connectivity index (χ2n) is 9.64. The Bertz CT molecular complexity index is 1220. The lowest BCUT2D eigenvalue weighted by Gasteiger charge is -2.26. The number of benzene rings is 1. The average Bonchev–Trinajstić information content (AvgIpc) is 3.40. The van der Waals surface area contributed by atoms with Gasteiger partial charge in [-0.3, -0.25) is 5.10 Å². The first kappa shape index (κ1) is 22.4. The number of nitrogens with zero attached hydrogens (tertiary/aromatic N) is 4. The molecule has 1 aliphatic heterocycles. The largest absolute Gasteiger partial charge is 0.493 e. The van der Waals surface area contributed by atoms with E-state index in [9.17, 15) is 0 Å². The third kappa shape index (κ3) is 3.92. The Morgan fingerprint density at radius 3 is 2.68 bits per heavy atom. The van der Waals surface area contributed by atoms with Gasteiger partial charge in [0.2, 0.25) is 0 Å². The van der Waals surface area contributed by atoms with Crippen LogP contribution in [0.1, 0.15) is 56.4 Å². The Hall–Kier alpha value is -3.37. The highest BCUT2D eigenvalue weighted by atomic mass is 16.5. The number of methoxy groups -OCH3 is 1. The van der Waals surface area contributed by atoms with Crippen LogP contribution in [-0.4, -0.2) is 53.4 Å². The van der Waals surface area contributed by atoms with E-state index < -0.39 is 0 Å². The molecule has 0 bridgehead atoms. The van der Waals surface area contributed by atoms with Crippen molar-refractivity contribution in [3.8, 4) is 40.1 Å². The van der Waals surface area contributed by atoms with Crippen LogP contribution >= 0.6 is 0 Å². The highest BCUT2D eigenvalue weighted by Crippen LogP contribution is 2.53. The normalized spacial score (nSPS) is 16.5. The lowest BCUT2D eigenvalue weighted by Crippen LogP contribution is -2.31. The predicted octanol–water partition coefficient (Wildman–Crippen LogP) is 4.91. The summed E-state index contributed by atoms with van der Waals surface area (Å²) in [6, 6.07) is 9.88. The fourth-order valence-corrected chi connectivity index (χ4v) is 5.30. The van der Waals surface area contributed by atoms with Gasteiger partial charge >= 0.3 is 0 Å². The second-order valence-corrected chi connectivity index (χ2v) is 9.64. The number of rotatable bonds is 7.